The SMILES string of the molecule is CCCOc1ccccc1OC(=O)c1ccc(-c2ccc(C(C)OCCC)cc2)cc1. The largest absolute Gasteiger partial charge is 0.490 e. The Morgan fingerprint density at radius 3 is 1.97 bits per heavy atom. The minimum Gasteiger partial charge on any atom is -0.490 e. The smallest absolute Gasteiger partial charge is 0.343 e. The van der Waals surface area contributed by atoms with Gasteiger partial charge in [-0.25, -0.2) is 4.79 Å². The fraction of sp³-hybridized carbons (Fsp3) is 0.296. The van der Waals surface area contributed by atoms with Crippen molar-refractivity contribution in [2.75, 3.05) is 13.2 Å². The highest BCUT2D eigenvalue weighted by molar-refractivity contribution is 5.92. The maximum absolute atomic E-state index is 12.6. The number of carbonyl (C=O) groups excluding carboxylic acids is 1. The van der Waals surface area contributed by atoms with Crippen molar-refractivity contribution in [3.63, 3.8) is 0 Å². The molecule has 1 atom stereocenters. The summed E-state index contributed by atoms with van der Waals surface area (Å²) in [5.74, 6) is 0.600. The van der Waals surface area contributed by atoms with Crippen molar-refractivity contribution >= 4 is 5.97 Å². The highest BCUT2D eigenvalue weighted by Gasteiger charge is 2.13. The maximum atomic E-state index is 12.6. The lowest BCUT2D eigenvalue weighted by Crippen LogP contribution is -2.09. The molecule has 0 saturated heterocycles. The molecule has 0 N–H and O–H groups in total. The van der Waals surface area contributed by atoms with Crippen LogP contribution in [0.25, 0.3) is 11.1 Å². The van der Waals surface area contributed by atoms with Gasteiger partial charge < -0.3 is 14.2 Å². The molecule has 1 unspecified atom stereocenters. The van der Waals surface area contributed by atoms with E-state index in [0.29, 0.717) is 23.7 Å². The van der Waals surface area contributed by atoms with E-state index in [1.165, 1.54) is 0 Å². The third-order valence-corrected chi connectivity index (χ3v) is 4.92. The van der Waals surface area contributed by atoms with Gasteiger partial charge in [-0.15, -0.1) is 0 Å². The fourth-order valence-electron chi connectivity index (χ4n) is 3.16. The summed E-state index contributed by atoms with van der Waals surface area (Å²) in [4.78, 5) is 12.6. The van der Waals surface area contributed by atoms with Gasteiger partial charge in [0.2, 0.25) is 0 Å². The lowest BCUT2D eigenvalue weighted by Gasteiger charge is -2.13. The van der Waals surface area contributed by atoms with Crippen LogP contribution in [0, 0.1) is 0 Å². The Morgan fingerprint density at radius 2 is 1.35 bits per heavy atom. The van der Waals surface area contributed by atoms with Crippen molar-refractivity contribution in [3.05, 3.63) is 83.9 Å². The zero-order valence-corrected chi connectivity index (χ0v) is 18.5. The minimum absolute atomic E-state index is 0.0790. The summed E-state index contributed by atoms with van der Waals surface area (Å²) in [7, 11) is 0. The summed E-state index contributed by atoms with van der Waals surface area (Å²) in [6, 6.07) is 23.0. The van der Waals surface area contributed by atoms with Gasteiger partial charge in [0.1, 0.15) is 0 Å². The van der Waals surface area contributed by atoms with Gasteiger partial charge >= 0.3 is 5.97 Å². The summed E-state index contributed by atoms with van der Waals surface area (Å²) < 4.78 is 17.0. The Morgan fingerprint density at radius 1 is 0.774 bits per heavy atom. The van der Waals surface area contributed by atoms with Crippen LogP contribution in [0.2, 0.25) is 0 Å². The molecule has 0 aromatic heterocycles. The first-order chi connectivity index (χ1) is 15.1. The number of ether oxygens (including phenoxy) is 3. The Hall–Kier alpha value is -3.11. The van der Waals surface area contributed by atoms with Gasteiger partial charge in [-0.3, -0.25) is 0 Å². The summed E-state index contributed by atoms with van der Waals surface area (Å²) in [5.41, 5.74) is 3.77. The third-order valence-electron chi connectivity index (χ3n) is 4.92. The number of rotatable bonds is 10. The van der Waals surface area contributed by atoms with Crippen molar-refractivity contribution in [2.45, 2.75) is 39.7 Å². The standard InChI is InChI=1S/C27H30O4/c1-4-18-29-20(3)21-10-12-22(13-11-21)23-14-16-24(17-15-23)27(28)31-26-9-7-6-8-25(26)30-19-5-2/h6-17,20H,4-5,18-19H2,1-3H3. The van der Waals surface area contributed by atoms with Crippen molar-refractivity contribution < 1.29 is 19.0 Å². The fourth-order valence-corrected chi connectivity index (χ4v) is 3.16. The van der Waals surface area contributed by atoms with Gasteiger partial charge in [-0.05, 0) is 60.7 Å². The summed E-state index contributed by atoms with van der Waals surface area (Å²) in [5, 5.41) is 0. The molecule has 4 heteroatoms. The Kier molecular flexibility index (Phi) is 8.25. The zero-order valence-electron chi connectivity index (χ0n) is 18.5. The second-order valence-electron chi connectivity index (χ2n) is 7.40. The molecule has 0 saturated carbocycles. The number of hydrogen-bond acceptors (Lipinski definition) is 4. The van der Waals surface area contributed by atoms with Gasteiger partial charge in [0.15, 0.2) is 11.5 Å². The lowest BCUT2D eigenvalue weighted by molar-refractivity contribution is 0.0662. The molecule has 162 valence electrons. The van der Waals surface area contributed by atoms with Gasteiger partial charge in [0.25, 0.3) is 0 Å². The van der Waals surface area contributed by atoms with Crippen LogP contribution in [-0.2, 0) is 4.74 Å². The van der Waals surface area contributed by atoms with Crippen LogP contribution in [0.5, 0.6) is 11.5 Å². The van der Waals surface area contributed by atoms with Crippen molar-refractivity contribution in [2.24, 2.45) is 0 Å². The number of para-hydroxylation sites is 2. The molecule has 31 heavy (non-hydrogen) atoms. The number of esters is 1. The number of benzene rings is 3. The molecule has 3 aromatic rings. The van der Waals surface area contributed by atoms with E-state index in [1.54, 1.807) is 24.3 Å². The second-order valence-corrected chi connectivity index (χ2v) is 7.40. The summed E-state index contributed by atoms with van der Waals surface area (Å²) >= 11 is 0. The van der Waals surface area contributed by atoms with E-state index in [9.17, 15) is 4.79 Å². The van der Waals surface area contributed by atoms with Gasteiger partial charge in [-0.1, -0.05) is 62.4 Å². The molecule has 0 amide bonds. The van der Waals surface area contributed by atoms with E-state index in [4.69, 9.17) is 14.2 Å². The van der Waals surface area contributed by atoms with Crippen LogP contribution in [0.3, 0.4) is 0 Å². The molecule has 4 nitrogen and oxygen atoms in total. The second kappa shape index (κ2) is 11.3. The molecule has 0 radical (unpaired) electrons. The maximum Gasteiger partial charge on any atom is 0.343 e. The Labute approximate surface area is 184 Å². The van der Waals surface area contributed by atoms with E-state index in [1.807, 2.05) is 31.2 Å². The third kappa shape index (κ3) is 6.19. The quantitative estimate of drug-likeness (QED) is 0.267. The van der Waals surface area contributed by atoms with Crippen LogP contribution in [0.4, 0.5) is 0 Å². The summed E-state index contributed by atoms with van der Waals surface area (Å²) in [6.45, 7) is 7.54. The first-order valence-corrected chi connectivity index (χ1v) is 10.9. The average Bonchev–Trinajstić information content (AvgIpc) is 2.82. The van der Waals surface area contributed by atoms with Crippen molar-refractivity contribution in [1.29, 1.82) is 0 Å². The molecule has 0 fully saturated rings. The Balaban J connectivity index is 1.67. The highest BCUT2D eigenvalue weighted by Crippen LogP contribution is 2.28. The monoisotopic (exact) mass is 418 g/mol. The molecule has 0 aliphatic heterocycles. The van der Waals surface area contributed by atoms with Crippen LogP contribution < -0.4 is 9.47 Å². The highest BCUT2D eigenvalue weighted by atomic mass is 16.6. The first kappa shape index (κ1) is 22.6. The van der Waals surface area contributed by atoms with E-state index >= 15 is 0 Å². The van der Waals surface area contributed by atoms with E-state index in [2.05, 4.69) is 38.1 Å². The summed E-state index contributed by atoms with van der Waals surface area (Å²) in [6.07, 6.45) is 1.97. The van der Waals surface area contributed by atoms with E-state index in [-0.39, 0.29) is 6.10 Å². The normalized spacial score (nSPS) is 11.7. The molecule has 0 bridgehead atoms. The molecule has 0 aliphatic carbocycles. The molecular weight excluding hydrogens is 388 g/mol. The minimum atomic E-state index is -0.406. The number of hydrogen-bond donors (Lipinski definition) is 0. The molecule has 0 spiro atoms. The van der Waals surface area contributed by atoms with E-state index < -0.39 is 5.97 Å². The van der Waals surface area contributed by atoms with E-state index in [0.717, 1.165) is 36.1 Å². The number of carbonyl (C=O) groups is 1. The molecule has 0 heterocycles. The van der Waals surface area contributed by atoms with Gasteiger partial charge in [-0.2, -0.15) is 0 Å². The van der Waals surface area contributed by atoms with Crippen molar-refractivity contribution in [1.82, 2.24) is 0 Å². The van der Waals surface area contributed by atoms with Crippen molar-refractivity contribution in [3.8, 4) is 22.6 Å². The van der Waals surface area contributed by atoms with Gasteiger partial charge in [0, 0.05) is 6.61 Å². The lowest BCUT2D eigenvalue weighted by atomic mass is 10.0. The predicted octanol–water partition coefficient (Wildman–Crippen LogP) is 6.85. The predicted molar refractivity (Wildman–Crippen MR) is 124 cm³/mol. The molecule has 3 aromatic carbocycles. The van der Waals surface area contributed by atoms with Crippen LogP contribution >= 0.6 is 0 Å². The Bertz CT molecular complexity index is 961. The zero-order chi connectivity index (χ0) is 22.1. The van der Waals surface area contributed by atoms with Crippen LogP contribution in [-0.4, -0.2) is 19.2 Å². The molecule has 3 rings (SSSR count). The first-order valence-electron chi connectivity index (χ1n) is 10.9. The van der Waals surface area contributed by atoms with Crippen LogP contribution in [0.15, 0.2) is 72.8 Å². The van der Waals surface area contributed by atoms with Gasteiger partial charge in [0.05, 0.1) is 18.3 Å². The molecule has 0 aliphatic rings. The topological polar surface area (TPSA) is 44.8 Å². The molecular formula is C27H30O4. The van der Waals surface area contributed by atoms with Crippen LogP contribution in [0.1, 0.15) is 55.6 Å². The average molecular weight is 419 g/mol.